The fraction of sp³-hybridized carbons (Fsp3) is 0.812. The molecule has 0 bridgehead atoms. The summed E-state index contributed by atoms with van der Waals surface area (Å²) in [6.45, 7) is 12.3. The summed E-state index contributed by atoms with van der Waals surface area (Å²) in [4.78, 5) is 8.94. The molecule has 0 amide bonds. The molecule has 4 heteroatoms. The minimum absolute atomic E-state index is 0.638. The molecular weight excluding hydrogens is 266 g/mol. The van der Waals surface area contributed by atoms with E-state index in [0.29, 0.717) is 6.04 Å². The number of thiazole rings is 1. The molecule has 0 radical (unpaired) electrons. The van der Waals surface area contributed by atoms with E-state index in [2.05, 4.69) is 37.9 Å². The van der Waals surface area contributed by atoms with Gasteiger partial charge >= 0.3 is 0 Å². The van der Waals surface area contributed by atoms with E-state index in [9.17, 15) is 0 Å². The number of anilines is 1. The van der Waals surface area contributed by atoms with E-state index in [-0.39, 0.29) is 0 Å². The van der Waals surface area contributed by atoms with Crippen LogP contribution in [0.1, 0.15) is 57.5 Å². The second-order valence-corrected chi connectivity index (χ2v) is 7.14. The van der Waals surface area contributed by atoms with Crippen molar-refractivity contribution in [1.82, 2.24) is 10.3 Å². The quantitative estimate of drug-likeness (QED) is 0.864. The van der Waals surface area contributed by atoms with Crippen molar-refractivity contribution in [2.45, 2.75) is 66.0 Å². The lowest BCUT2D eigenvalue weighted by Crippen LogP contribution is -2.41. The van der Waals surface area contributed by atoms with Crippen molar-refractivity contribution in [1.29, 1.82) is 0 Å². The molecule has 0 spiro atoms. The third kappa shape index (κ3) is 3.73. The molecule has 0 aliphatic carbocycles. The van der Waals surface area contributed by atoms with Crippen LogP contribution in [0.25, 0.3) is 0 Å². The van der Waals surface area contributed by atoms with Crippen molar-refractivity contribution in [2.24, 2.45) is 5.92 Å². The van der Waals surface area contributed by atoms with Crippen LogP contribution < -0.4 is 10.2 Å². The van der Waals surface area contributed by atoms with Crippen LogP contribution in [0.3, 0.4) is 0 Å². The van der Waals surface area contributed by atoms with Crippen LogP contribution in [0.2, 0.25) is 0 Å². The molecule has 1 saturated heterocycles. The highest BCUT2D eigenvalue weighted by atomic mass is 32.1. The molecule has 2 rings (SSSR count). The highest BCUT2D eigenvalue weighted by Gasteiger charge is 2.26. The Bertz CT molecular complexity index is 416. The maximum Gasteiger partial charge on any atom is 0.186 e. The number of rotatable bonds is 6. The smallest absolute Gasteiger partial charge is 0.186 e. The van der Waals surface area contributed by atoms with Gasteiger partial charge in [-0.1, -0.05) is 27.2 Å². The minimum Gasteiger partial charge on any atom is -0.345 e. The second-order valence-electron chi connectivity index (χ2n) is 6.08. The standard InChI is InChI=1S/C16H29N3S/c1-5-7-14-15(10-17-6-2)20-16(18-14)19-11-12(3)8-9-13(19)4/h12-13,17H,5-11H2,1-4H3. The SMILES string of the molecule is CCCc1nc(N2CC(C)CCC2C)sc1CNCC. The molecule has 1 fully saturated rings. The van der Waals surface area contributed by atoms with Crippen LogP contribution in [0, 0.1) is 5.92 Å². The first-order valence-electron chi connectivity index (χ1n) is 8.11. The van der Waals surface area contributed by atoms with Crippen LogP contribution in [-0.2, 0) is 13.0 Å². The summed E-state index contributed by atoms with van der Waals surface area (Å²) in [7, 11) is 0. The zero-order valence-corrected chi connectivity index (χ0v) is 14.2. The molecule has 2 unspecified atom stereocenters. The first-order valence-corrected chi connectivity index (χ1v) is 8.93. The summed E-state index contributed by atoms with van der Waals surface area (Å²) in [5, 5.41) is 4.70. The Balaban J connectivity index is 2.17. The van der Waals surface area contributed by atoms with E-state index < -0.39 is 0 Å². The molecule has 0 aromatic carbocycles. The summed E-state index contributed by atoms with van der Waals surface area (Å²) >= 11 is 1.90. The fourth-order valence-electron chi connectivity index (χ4n) is 2.86. The lowest BCUT2D eigenvalue weighted by molar-refractivity contribution is 0.390. The average Bonchev–Trinajstić information content (AvgIpc) is 2.82. The van der Waals surface area contributed by atoms with Crippen molar-refractivity contribution in [2.75, 3.05) is 18.0 Å². The van der Waals surface area contributed by atoms with Gasteiger partial charge in [0.2, 0.25) is 0 Å². The monoisotopic (exact) mass is 295 g/mol. The van der Waals surface area contributed by atoms with Crippen LogP contribution in [0.4, 0.5) is 5.13 Å². The summed E-state index contributed by atoms with van der Waals surface area (Å²) < 4.78 is 0. The van der Waals surface area contributed by atoms with E-state index in [4.69, 9.17) is 4.98 Å². The third-order valence-corrected chi connectivity index (χ3v) is 5.29. The predicted molar refractivity (Wildman–Crippen MR) is 88.7 cm³/mol. The van der Waals surface area contributed by atoms with Gasteiger partial charge < -0.3 is 10.2 Å². The Labute approximate surface area is 127 Å². The first kappa shape index (κ1) is 15.8. The van der Waals surface area contributed by atoms with Gasteiger partial charge in [-0.3, -0.25) is 0 Å². The molecule has 3 nitrogen and oxygen atoms in total. The van der Waals surface area contributed by atoms with Gasteiger partial charge in [0, 0.05) is 24.0 Å². The molecule has 0 saturated carbocycles. The van der Waals surface area contributed by atoms with Crippen LogP contribution in [-0.4, -0.2) is 24.1 Å². The second kappa shape index (κ2) is 7.41. The molecular formula is C16H29N3S. The zero-order valence-electron chi connectivity index (χ0n) is 13.4. The van der Waals surface area contributed by atoms with Crippen molar-refractivity contribution in [3.63, 3.8) is 0 Å². The minimum atomic E-state index is 0.638. The summed E-state index contributed by atoms with van der Waals surface area (Å²) in [5.74, 6) is 0.793. The molecule has 1 aliphatic rings. The largest absolute Gasteiger partial charge is 0.345 e. The van der Waals surface area contributed by atoms with Crippen molar-refractivity contribution in [3.8, 4) is 0 Å². The Morgan fingerprint density at radius 3 is 2.80 bits per heavy atom. The van der Waals surface area contributed by atoms with Crippen LogP contribution >= 0.6 is 11.3 Å². The number of piperidine rings is 1. The summed E-state index contributed by atoms with van der Waals surface area (Å²) in [5.41, 5.74) is 1.32. The normalized spacial score (nSPS) is 23.3. The number of aromatic nitrogens is 1. The molecule has 1 aromatic rings. The van der Waals surface area contributed by atoms with Gasteiger partial charge in [-0.2, -0.15) is 0 Å². The molecule has 1 N–H and O–H groups in total. The van der Waals surface area contributed by atoms with Gasteiger partial charge in [0.05, 0.1) is 5.69 Å². The van der Waals surface area contributed by atoms with Gasteiger partial charge in [-0.15, -0.1) is 11.3 Å². The maximum atomic E-state index is 4.97. The molecule has 1 aliphatic heterocycles. The molecule has 114 valence electrons. The van der Waals surface area contributed by atoms with Gasteiger partial charge in [0.25, 0.3) is 0 Å². The Kier molecular flexibility index (Phi) is 5.85. The topological polar surface area (TPSA) is 28.2 Å². The Morgan fingerprint density at radius 1 is 1.30 bits per heavy atom. The molecule has 20 heavy (non-hydrogen) atoms. The van der Waals surface area contributed by atoms with E-state index in [1.807, 2.05) is 11.3 Å². The first-order chi connectivity index (χ1) is 9.65. The van der Waals surface area contributed by atoms with E-state index >= 15 is 0 Å². The van der Waals surface area contributed by atoms with E-state index in [1.54, 1.807) is 0 Å². The van der Waals surface area contributed by atoms with E-state index in [1.165, 1.54) is 41.5 Å². The Hall–Kier alpha value is -0.610. The summed E-state index contributed by atoms with van der Waals surface area (Å²) in [6, 6.07) is 0.638. The number of nitrogens with zero attached hydrogens (tertiary/aromatic N) is 2. The van der Waals surface area contributed by atoms with Crippen LogP contribution in [0.5, 0.6) is 0 Å². The zero-order chi connectivity index (χ0) is 14.5. The molecule has 1 aromatic heterocycles. The average molecular weight is 295 g/mol. The Morgan fingerprint density at radius 2 is 2.10 bits per heavy atom. The number of nitrogens with one attached hydrogen (secondary N) is 1. The van der Waals surface area contributed by atoms with Gasteiger partial charge in [0.1, 0.15) is 0 Å². The van der Waals surface area contributed by atoms with Gasteiger partial charge in [-0.25, -0.2) is 4.98 Å². The van der Waals surface area contributed by atoms with Gasteiger partial charge in [-0.05, 0) is 38.6 Å². The lowest BCUT2D eigenvalue weighted by atomic mass is 9.96. The number of aryl methyl sites for hydroxylation is 1. The predicted octanol–water partition coefficient (Wildman–Crippen LogP) is 3.83. The van der Waals surface area contributed by atoms with Crippen molar-refractivity contribution < 1.29 is 0 Å². The molecule has 2 heterocycles. The van der Waals surface area contributed by atoms with E-state index in [0.717, 1.165) is 25.4 Å². The van der Waals surface area contributed by atoms with Crippen molar-refractivity contribution in [3.05, 3.63) is 10.6 Å². The third-order valence-electron chi connectivity index (χ3n) is 4.15. The molecule has 2 atom stereocenters. The van der Waals surface area contributed by atoms with Crippen LogP contribution in [0.15, 0.2) is 0 Å². The summed E-state index contributed by atoms with van der Waals surface area (Å²) in [6.07, 6.45) is 4.94. The maximum absolute atomic E-state index is 4.97. The van der Waals surface area contributed by atoms with Gasteiger partial charge in [0.15, 0.2) is 5.13 Å². The lowest BCUT2D eigenvalue weighted by Gasteiger charge is -2.36. The number of hydrogen-bond acceptors (Lipinski definition) is 4. The fourth-order valence-corrected chi connectivity index (χ4v) is 4.04. The number of hydrogen-bond donors (Lipinski definition) is 1. The highest BCUT2D eigenvalue weighted by molar-refractivity contribution is 7.15. The van der Waals surface area contributed by atoms with Crippen molar-refractivity contribution >= 4 is 16.5 Å². The highest BCUT2D eigenvalue weighted by Crippen LogP contribution is 2.33.